The number of hydrogen-bond acceptors (Lipinski definition) is 7. The monoisotopic (exact) mass is 397 g/mol. The van der Waals surface area contributed by atoms with Crippen LogP contribution in [-0.2, 0) is 16.1 Å². The van der Waals surface area contributed by atoms with Gasteiger partial charge in [-0.15, -0.1) is 11.3 Å². The van der Waals surface area contributed by atoms with E-state index < -0.39 is 23.1 Å². The van der Waals surface area contributed by atoms with Crippen LogP contribution >= 0.6 is 11.3 Å². The Hall–Kier alpha value is -3.03. The summed E-state index contributed by atoms with van der Waals surface area (Å²) >= 11 is -1.91. The average molecular weight is 397 g/mol. The number of aromatic carboxylic acids is 1. The summed E-state index contributed by atoms with van der Waals surface area (Å²) in [5.74, 6) is -2.03. The van der Waals surface area contributed by atoms with Crippen molar-refractivity contribution in [1.29, 1.82) is 0 Å². The molecule has 1 aromatic heterocycles. The lowest BCUT2D eigenvalue weighted by Gasteiger charge is -2.25. The fourth-order valence-corrected chi connectivity index (χ4v) is 3.38. The summed E-state index contributed by atoms with van der Waals surface area (Å²) in [6.07, 6.45) is 0. The maximum Gasteiger partial charge on any atom is 0.357 e. The van der Waals surface area contributed by atoms with Gasteiger partial charge in [0.25, 0.3) is 0 Å². The number of aromatic nitrogens is 1. The lowest BCUT2D eigenvalue weighted by molar-refractivity contribution is -0.114. The molecule has 1 amide bonds. The van der Waals surface area contributed by atoms with Crippen LogP contribution in [0.1, 0.15) is 10.5 Å². The minimum absolute atomic E-state index is 0.0598. The second kappa shape index (κ2) is 8.37. The number of nitrogens with two attached hydrogens (primary N) is 2. The zero-order valence-electron chi connectivity index (χ0n) is 13.0. The molecule has 11 nitrogen and oxygen atoms in total. The van der Waals surface area contributed by atoms with Crippen molar-refractivity contribution < 1.29 is 23.5 Å². The molecule has 1 heterocycles. The predicted octanol–water partition coefficient (Wildman–Crippen LogP) is -0.0146. The Kier molecular flexibility index (Phi) is 6.21. The van der Waals surface area contributed by atoms with Gasteiger partial charge >= 0.3 is 5.97 Å². The van der Waals surface area contributed by atoms with Crippen LogP contribution in [0, 0.1) is 0 Å². The van der Waals surface area contributed by atoms with Crippen LogP contribution in [0.25, 0.3) is 0 Å². The van der Waals surface area contributed by atoms with E-state index >= 15 is 0 Å². The number of carbonyl (C=O) groups excluding carboxylic acids is 1. The number of aliphatic imine (C=N–C) groups is 1. The first-order valence-corrected chi connectivity index (χ1v) is 8.72. The topological polar surface area (TPSA) is 187 Å². The second-order valence-corrected chi connectivity index (χ2v) is 6.29. The number of nitrogens with one attached hydrogen (secondary N) is 1. The van der Waals surface area contributed by atoms with Crippen molar-refractivity contribution in [3.8, 4) is 0 Å². The molecule has 0 spiro atoms. The molecule has 0 saturated heterocycles. The first kappa shape index (κ1) is 19.3. The Morgan fingerprint density at radius 1 is 1.35 bits per heavy atom. The number of rotatable bonds is 7. The average Bonchev–Trinajstić information content (AvgIpc) is 3.04. The van der Waals surface area contributed by atoms with Gasteiger partial charge in [-0.05, 0) is 24.3 Å². The van der Waals surface area contributed by atoms with Gasteiger partial charge in [-0.1, -0.05) is 0 Å². The minimum atomic E-state index is -2.78. The minimum Gasteiger partial charge on any atom is -0.755 e. The SMILES string of the molecule is NC(N)=NCC(=O)Nc1ccc(N(c2scnc2C(=O)O)S(=O)[O-])cc1. The zero-order chi connectivity index (χ0) is 19.3. The summed E-state index contributed by atoms with van der Waals surface area (Å²) in [7, 11) is 0. The third-order valence-electron chi connectivity index (χ3n) is 2.88. The van der Waals surface area contributed by atoms with Crippen molar-refractivity contribution in [2.45, 2.75) is 0 Å². The molecule has 0 saturated carbocycles. The molecule has 138 valence electrons. The van der Waals surface area contributed by atoms with Gasteiger partial charge in [0.05, 0.1) is 22.5 Å². The highest BCUT2D eigenvalue weighted by Gasteiger charge is 2.21. The van der Waals surface area contributed by atoms with Crippen molar-refractivity contribution in [2.75, 3.05) is 16.2 Å². The highest BCUT2D eigenvalue weighted by Crippen LogP contribution is 2.33. The normalized spacial score (nSPS) is 11.4. The number of hydrogen-bond donors (Lipinski definition) is 4. The van der Waals surface area contributed by atoms with E-state index in [0.29, 0.717) is 5.69 Å². The van der Waals surface area contributed by atoms with E-state index in [1.54, 1.807) is 0 Å². The van der Waals surface area contributed by atoms with Crippen LogP contribution in [0.3, 0.4) is 0 Å². The molecule has 6 N–H and O–H groups in total. The van der Waals surface area contributed by atoms with Crippen LogP contribution in [0.15, 0.2) is 34.8 Å². The van der Waals surface area contributed by atoms with E-state index in [4.69, 9.17) is 16.6 Å². The van der Waals surface area contributed by atoms with Crippen LogP contribution in [-0.4, -0.2) is 43.2 Å². The molecule has 13 heteroatoms. The molecule has 2 aromatic rings. The van der Waals surface area contributed by atoms with Crippen LogP contribution in [0.2, 0.25) is 0 Å². The van der Waals surface area contributed by atoms with Gasteiger partial charge in [0.15, 0.2) is 11.7 Å². The second-order valence-electron chi connectivity index (χ2n) is 4.66. The Morgan fingerprint density at radius 3 is 2.54 bits per heavy atom. The van der Waals surface area contributed by atoms with Gasteiger partial charge in [0.1, 0.15) is 11.5 Å². The molecular weight excluding hydrogens is 384 g/mol. The van der Waals surface area contributed by atoms with Crippen molar-refractivity contribution in [2.24, 2.45) is 16.5 Å². The van der Waals surface area contributed by atoms with Crippen molar-refractivity contribution >= 4 is 56.8 Å². The van der Waals surface area contributed by atoms with Gasteiger partial charge in [-0.25, -0.2) is 14.8 Å². The van der Waals surface area contributed by atoms with E-state index in [-0.39, 0.29) is 28.9 Å². The number of carbonyl (C=O) groups is 2. The number of carboxylic acids is 1. The standard InChI is InChI=1S/C13H14N6O5S2/c14-13(15)16-5-9(20)18-7-1-3-8(4-2-7)19(26(23)24)11-10(12(21)22)17-6-25-11/h1-4,6H,5H2,(H,18,20)(H,21,22)(H,23,24)(H4,14,15,16)/p-1. The molecule has 0 bridgehead atoms. The quantitative estimate of drug-likeness (QED) is 0.285. The lowest BCUT2D eigenvalue weighted by Crippen LogP contribution is -2.25. The highest BCUT2D eigenvalue weighted by molar-refractivity contribution is 7.81. The van der Waals surface area contributed by atoms with Crippen molar-refractivity contribution in [3.05, 3.63) is 35.5 Å². The Bertz CT molecular complexity index is 862. The number of anilines is 3. The molecule has 0 aliphatic carbocycles. The maximum atomic E-state index is 11.6. The molecule has 26 heavy (non-hydrogen) atoms. The molecule has 0 aliphatic rings. The largest absolute Gasteiger partial charge is 0.755 e. The first-order valence-electron chi connectivity index (χ1n) is 6.81. The molecular formula is C13H13N6O5S2-. The maximum absolute atomic E-state index is 11.6. The summed E-state index contributed by atoms with van der Waals surface area (Å²) in [5.41, 5.74) is 11.7. The Balaban J connectivity index is 2.22. The Morgan fingerprint density at radius 2 is 2.00 bits per heavy atom. The summed E-state index contributed by atoms with van der Waals surface area (Å²) in [6.45, 7) is -0.260. The fraction of sp³-hybridized carbons (Fsp3) is 0.0769. The van der Waals surface area contributed by atoms with E-state index in [2.05, 4.69) is 15.3 Å². The smallest absolute Gasteiger partial charge is 0.357 e. The van der Waals surface area contributed by atoms with Gasteiger partial charge < -0.3 is 26.4 Å². The van der Waals surface area contributed by atoms with Gasteiger partial charge in [-0.2, -0.15) is 0 Å². The summed E-state index contributed by atoms with van der Waals surface area (Å²) in [4.78, 5) is 30.0. The van der Waals surface area contributed by atoms with Crippen LogP contribution in [0.5, 0.6) is 0 Å². The van der Waals surface area contributed by atoms with Gasteiger partial charge in [0.2, 0.25) is 5.91 Å². The van der Waals surface area contributed by atoms with Crippen LogP contribution in [0.4, 0.5) is 16.4 Å². The third kappa shape index (κ3) is 4.75. The van der Waals surface area contributed by atoms with Crippen molar-refractivity contribution in [3.63, 3.8) is 0 Å². The van der Waals surface area contributed by atoms with E-state index in [9.17, 15) is 18.4 Å². The van der Waals surface area contributed by atoms with Gasteiger partial charge in [-0.3, -0.25) is 13.3 Å². The molecule has 0 aliphatic heterocycles. The highest BCUT2D eigenvalue weighted by atomic mass is 32.2. The predicted molar refractivity (Wildman–Crippen MR) is 95.9 cm³/mol. The van der Waals surface area contributed by atoms with Crippen LogP contribution < -0.4 is 21.1 Å². The number of carboxylic acid groups (broad SMARTS) is 1. The molecule has 1 atom stereocenters. The molecule has 1 aromatic carbocycles. The number of thiazole rings is 1. The molecule has 0 fully saturated rings. The number of guanidine groups is 1. The zero-order valence-corrected chi connectivity index (χ0v) is 14.6. The summed E-state index contributed by atoms with van der Waals surface area (Å²) < 4.78 is 24.0. The fourth-order valence-electron chi connectivity index (χ4n) is 1.85. The molecule has 0 radical (unpaired) electrons. The van der Waals surface area contributed by atoms with Gasteiger partial charge in [0, 0.05) is 5.69 Å². The van der Waals surface area contributed by atoms with E-state index in [1.807, 2.05) is 0 Å². The van der Waals surface area contributed by atoms with E-state index in [1.165, 1.54) is 29.8 Å². The number of benzene rings is 1. The molecule has 2 rings (SSSR count). The first-order chi connectivity index (χ1) is 12.3. The molecule has 1 unspecified atom stereocenters. The van der Waals surface area contributed by atoms with Crippen molar-refractivity contribution in [1.82, 2.24) is 4.98 Å². The summed E-state index contributed by atoms with van der Waals surface area (Å²) in [6, 6.07) is 5.70. The number of amides is 1. The number of nitrogens with zero attached hydrogens (tertiary/aromatic N) is 3. The lowest BCUT2D eigenvalue weighted by atomic mass is 10.2. The third-order valence-corrected chi connectivity index (χ3v) is 4.49. The summed E-state index contributed by atoms with van der Waals surface area (Å²) in [5, 5.41) is 11.6. The van der Waals surface area contributed by atoms with E-state index in [0.717, 1.165) is 15.6 Å². The Labute approximate surface area is 153 Å².